The molecule has 4 heteroatoms. The molecule has 0 aromatic heterocycles. The number of hydrogen-bond acceptors (Lipinski definition) is 3. The smallest absolute Gasteiger partial charge is 0.146 e. The van der Waals surface area contributed by atoms with Gasteiger partial charge in [-0.2, -0.15) is 0 Å². The van der Waals surface area contributed by atoms with Crippen LogP contribution in [0.25, 0.3) is 0 Å². The summed E-state index contributed by atoms with van der Waals surface area (Å²) in [5.74, 6) is 0.608. The van der Waals surface area contributed by atoms with Crippen LogP contribution in [-0.2, 0) is 13.1 Å². The average molecular weight is 288 g/mol. The van der Waals surface area contributed by atoms with Gasteiger partial charge in [0.1, 0.15) is 11.6 Å². The third kappa shape index (κ3) is 3.73. The summed E-state index contributed by atoms with van der Waals surface area (Å²) in [4.78, 5) is 1.89. The Bertz CT molecular complexity index is 601. The number of ether oxygens (including phenoxy) is 1. The Hall–Kier alpha value is -2.07. The minimum Gasteiger partial charge on any atom is -0.496 e. The second kappa shape index (κ2) is 7.09. The van der Waals surface area contributed by atoms with Crippen molar-refractivity contribution in [1.29, 1.82) is 0 Å². The summed E-state index contributed by atoms with van der Waals surface area (Å²) in [6, 6.07) is 13.1. The number of hydrogen-bond donors (Lipinski definition) is 1. The highest BCUT2D eigenvalue weighted by Crippen LogP contribution is 2.24. The van der Waals surface area contributed by atoms with E-state index >= 15 is 0 Å². The van der Waals surface area contributed by atoms with Crippen molar-refractivity contribution in [2.45, 2.75) is 13.1 Å². The number of para-hydroxylation sites is 1. The van der Waals surface area contributed by atoms with Crippen molar-refractivity contribution in [2.75, 3.05) is 26.1 Å². The van der Waals surface area contributed by atoms with E-state index < -0.39 is 0 Å². The molecule has 0 heterocycles. The molecule has 0 spiro atoms. The Labute approximate surface area is 125 Å². The summed E-state index contributed by atoms with van der Waals surface area (Å²) >= 11 is 0. The van der Waals surface area contributed by atoms with Gasteiger partial charge < -0.3 is 15.0 Å². The van der Waals surface area contributed by atoms with Gasteiger partial charge in [-0.15, -0.1) is 0 Å². The molecule has 2 rings (SSSR count). The zero-order valence-corrected chi connectivity index (χ0v) is 12.7. The normalized spacial score (nSPS) is 10.5. The molecule has 0 atom stereocenters. The fourth-order valence-electron chi connectivity index (χ4n) is 2.35. The van der Waals surface area contributed by atoms with Gasteiger partial charge in [0, 0.05) is 25.7 Å². The van der Waals surface area contributed by atoms with Crippen molar-refractivity contribution < 1.29 is 9.13 Å². The molecule has 0 radical (unpaired) electrons. The minimum absolute atomic E-state index is 0.208. The Morgan fingerprint density at radius 2 is 1.95 bits per heavy atom. The molecule has 112 valence electrons. The molecular weight excluding hydrogens is 267 g/mol. The first-order valence-corrected chi connectivity index (χ1v) is 6.91. The average Bonchev–Trinajstić information content (AvgIpc) is 2.48. The Balaban J connectivity index is 2.18. The highest BCUT2D eigenvalue weighted by Gasteiger charge is 2.11. The maximum absolute atomic E-state index is 14.2. The highest BCUT2D eigenvalue weighted by atomic mass is 19.1. The zero-order valence-electron chi connectivity index (χ0n) is 12.7. The van der Waals surface area contributed by atoms with Gasteiger partial charge in [0.05, 0.1) is 12.8 Å². The number of benzene rings is 2. The zero-order chi connectivity index (χ0) is 15.2. The van der Waals surface area contributed by atoms with E-state index in [-0.39, 0.29) is 5.82 Å². The fraction of sp³-hybridized carbons (Fsp3) is 0.294. The molecule has 0 amide bonds. The molecular formula is C17H21FN2O. The largest absolute Gasteiger partial charge is 0.496 e. The highest BCUT2D eigenvalue weighted by molar-refractivity contribution is 5.50. The van der Waals surface area contributed by atoms with Gasteiger partial charge in [0.15, 0.2) is 0 Å². The van der Waals surface area contributed by atoms with Gasteiger partial charge in [-0.3, -0.25) is 0 Å². The second-order valence-corrected chi connectivity index (χ2v) is 4.98. The Morgan fingerprint density at radius 3 is 2.62 bits per heavy atom. The molecule has 2 aromatic rings. The van der Waals surface area contributed by atoms with Crippen LogP contribution in [0, 0.1) is 5.82 Å². The summed E-state index contributed by atoms with van der Waals surface area (Å²) in [5, 5.41) is 3.02. The molecule has 3 nitrogen and oxygen atoms in total. The van der Waals surface area contributed by atoms with Crippen molar-refractivity contribution in [1.82, 2.24) is 5.32 Å². The number of methoxy groups -OCH3 is 1. The van der Waals surface area contributed by atoms with Crippen molar-refractivity contribution in [3.63, 3.8) is 0 Å². The third-order valence-electron chi connectivity index (χ3n) is 3.40. The predicted octanol–water partition coefficient (Wildman–Crippen LogP) is 3.19. The molecule has 21 heavy (non-hydrogen) atoms. The van der Waals surface area contributed by atoms with Crippen molar-refractivity contribution >= 4 is 5.69 Å². The minimum atomic E-state index is -0.208. The molecule has 0 fully saturated rings. The summed E-state index contributed by atoms with van der Waals surface area (Å²) in [7, 11) is 5.37. The van der Waals surface area contributed by atoms with Gasteiger partial charge in [0.25, 0.3) is 0 Å². The summed E-state index contributed by atoms with van der Waals surface area (Å²) in [5.41, 5.74) is 2.55. The standard InChI is InChI=1S/C17H21FN2O/c1-19-11-13-8-9-16(15(18)10-13)20(2)12-14-6-4-5-7-17(14)21-3/h4-10,19H,11-12H2,1-3H3. The van der Waals surface area contributed by atoms with Crippen LogP contribution in [0.3, 0.4) is 0 Å². The Kier molecular flexibility index (Phi) is 5.17. The summed E-state index contributed by atoms with van der Waals surface area (Å²) < 4.78 is 19.5. The van der Waals surface area contributed by atoms with Gasteiger partial charge in [0.2, 0.25) is 0 Å². The molecule has 2 aromatic carbocycles. The molecule has 0 bridgehead atoms. The lowest BCUT2D eigenvalue weighted by Crippen LogP contribution is -2.18. The van der Waals surface area contributed by atoms with Crippen LogP contribution in [-0.4, -0.2) is 21.2 Å². The third-order valence-corrected chi connectivity index (χ3v) is 3.40. The second-order valence-electron chi connectivity index (χ2n) is 4.98. The maximum Gasteiger partial charge on any atom is 0.146 e. The maximum atomic E-state index is 14.2. The van der Waals surface area contributed by atoms with Crippen LogP contribution >= 0.6 is 0 Å². The Morgan fingerprint density at radius 1 is 1.19 bits per heavy atom. The topological polar surface area (TPSA) is 24.5 Å². The van der Waals surface area contributed by atoms with Crippen LogP contribution in [0.4, 0.5) is 10.1 Å². The number of rotatable bonds is 6. The summed E-state index contributed by atoms with van der Waals surface area (Å²) in [6.07, 6.45) is 0. The van der Waals surface area contributed by atoms with Crippen LogP contribution in [0.1, 0.15) is 11.1 Å². The number of anilines is 1. The molecule has 0 aliphatic carbocycles. The van der Waals surface area contributed by atoms with E-state index in [1.807, 2.05) is 55.4 Å². The molecule has 0 unspecified atom stereocenters. The quantitative estimate of drug-likeness (QED) is 0.883. The number of halogens is 1. The molecule has 0 aliphatic rings. The lowest BCUT2D eigenvalue weighted by molar-refractivity contribution is 0.409. The predicted molar refractivity (Wildman–Crippen MR) is 84.3 cm³/mol. The number of nitrogens with zero attached hydrogens (tertiary/aromatic N) is 1. The van der Waals surface area contributed by atoms with E-state index in [1.165, 1.54) is 0 Å². The van der Waals surface area contributed by atoms with Gasteiger partial charge in [-0.05, 0) is 30.8 Å². The van der Waals surface area contributed by atoms with Crippen LogP contribution in [0.15, 0.2) is 42.5 Å². The van der Waals surface area contributed by atoms with E-state index in [9.17, 15) is 4.39 Å². The monoisotopic (exact) mass is 288 g/mol. The first kappa shape index (κ1) is 15.3. The van der Waals surface area contributed by atoms with Crippen molar-refractivity contribution in [2.24, 2.45) is 0 Å². The van der Waals surface area contributed by atoms with E-state index in [1.54, 1.807) is 13.2 Å². The van der Waals surface area contributed by atoms with Gasteiger partial charge >= 0.3 is 0 Å². The van der Waals surface area contributed by atoms with Gasteiger partial charge in [-0.1, -0.05) is 24.3 Å². The first-order chi connectivity index (χ1) is 10.2. The molecule has 1 N–H and O–H groups in total. The van der Waals surface area contributed by atoms with E-state index in [2.05, 4.69) is 5.32 Å². The number of nitrogens with one attached hydrogen (secondary N) is 1. The molecule has 0 aliphatic heterocycles. The SMILES string of the molecule is CNCc1ccc(N(C)Cc2ccccc2OC)c(F)c1. The van der Waals surface area contributed by atoms with Crippen molar-refractivity contribution in [3.8, 4) is 5.75 Å². The van der Waals surface area contributed by atoms with E-state index in [0.717, 1.165) is 16.9 Å². The molecule has 0 saturated carbocycles. The lowest BCUT2D eigenvalue weighted by atomic mass is 10.1. The van der Waals surface area contributed by atoms with Crippen molar-refractivity contribution in [3.05, 3.63) is 59.4 Å². The lowest BCUT2D eigenvalue weighted by Gasteiger charge is -2.21. The fourth-order valence-corrected chi connectivity index (χ4v) is 2.35. The van der Waals surface area contributed by atoms with Crippen LogP contribution in [0.5, 0.6) is 5.75 Å². The first-order valence-electron chi connectivity index (χ1n) is 6.91. The van der Waals surface area contributed by atoms with Gasteiger partial charge in [-0.25, -0.2) is 4.39 Å². The summed E-state index contributed by atoms with van der Waals surface area (Å²) in [6.45, 7) is 1.25. The van der Waals surface area contributed by atoms with E-state index in [0.29, 0.717) is 18.8 Å². The van der Waals surface area contributed by atoms with Crippen LogP contribution < -0.4 is 15.0 Å². The van der Waals surface area contributed by atoms with Crippen LogP contribution in [0.2, 0.25) is 0 Å². The molecule has 0 saturated heterocycles. The van der Waals surface area contributed by atoms with E-state index in [4.69, 9.17) is 4.74 Å².